The van der Waals surface area contributed by atoms with Crippen LogP contribution in [0.4, 0.5) is 0 Å². The van der Waals surface area contributed by atoms with Crippen LogP contribution < -0.4 is 5.32 Å². The maximum atomic E-state index is 12.0. The van der Waals surface area contributed by atoms with Gasteiger partial charge in [-0.05, 0) is 25.2 Å². The number of aromatic nitrogens is 2. The van der Waals surface area contributed by atoms with Crippen LogP contribution in [0.15, 0.2) is 12.5 Å². The van der Waals surface area contributed by atoms with Crippen molar-refractivity contribution in [2.75, 3.05) is 6.54 Å². The van der Waals surface area contributed by atoms with E-state index >= 15 is 0 Å². The number of carbonyl (C=O) groups is 1. The highest BCUT2D eigenvalue weighted by atomic mass is 35.5. The van der Waals surface area contributed by atoms with E-state index in [0.29, 0.717) is 11.8 Å². The Morgan fingerprint density at radius 1 is 1.37 bits per heavy atom. The lowest BCUT2D eigenvalue weighted by Crippen LogP contribution is -2.31. The van der Waals surface area contributed by atoms with Gasteiger partial charge in [0.2, 0.25) is 5.91 Å². The molecule has 3 rings (SSSR count). The number of H-pyrrole nitrogens is 1. The summed E-state index contributed by atoms with van der Waals surface area (Å²) in [6, 6.07) is 0. The summed E-state index contributed by atoms with van der Waals surface area (Å²) in [4.78, 5) is 19.2. The van der Waals surface area contributed by atoms with Crippen molar-refractivity contribution in [3.63, 3.8) is 0 Å². The summed E-state index contributed by atoms with van der Waals surface area (Å²) in [5.41, 5.74) is 1.04. The molecule has 2 aliphatic carbocycles. The smallest absolute Gasteiger partial charge is 0.223 e. The largest absolute Gasteiger partial charge is 0.356 e. The van der Waals surface area contributed by atoms with Gasteiger partial charge in [-0.2, -0.15) is 0 Å². The number of hydrogen-bond donors (Lipinski definition) is 2. The SMILES string of the molecule is Cl.O=C(NCC1CCCCC1)[C@H]1C[C@@H]1c1c[nH]cn1. The van der Waals surface area contributed by atoms with Gasteiger partial charge in [0.15, 0.2) is 0 Å². The molecule has 5 heteroatoms. The fraction of sp³-hybridized carbons (Fsp3) is 0.714. The van der Waals surface area contributed by atoms with E-state index in [1.807, 2.05) is 6.20 Å². The first-order valence-corrected chi connectivity index (χ1v) is 7.11. The Morgan fingerprint density at radius 2 is 2.16 bits per heavy atom. The van der Waals surface area contributed by atoms with Crippen molar-refractivity contribution >= 4 is 18.3 Å². The standard InChI is InChI=1S/C14H21N3O.ClH/c18-14(16-7-10-4-2-1-3-5-10)12-6-11(12)13-8-15-9-17-13;/h8-12H,1-7H2,(H,15,17)(H,16,18);1H/t11-,12-;/m0./s1. The number of rotatable bonds is 4. The molecule has 106 valence electrons. The summed E-state index contributed by atoms with van der Waals surface area (Å²) in [6.45, 7) is 0.878. The molecule has 2 fully saturated rings. The van der Waals surface area contributed by atoms with E-state index in [4.69, 9.17) is 0 Å². The number of imidazole rings is 1. The third kappa shape index (κ3) is 3.50. The first-order chi connectivity index (χ1) is 8.84. The highest BCUT2D eigenvalue weighted by Crippen LogP contribution is 2.46. The molecule has 0 saturated heterocycles. The predicted octanol–water partition coefficient (Wildman–Crippen LogP) is 2.63. The van der Waals surface area contributed by atoms with E-state index in [-0.39, 0.29) is 24.2 Å². The minimum absolute atomic E-state index is 0. The topological polar surface area (TPSA) is 57.8 Å². The van der Waals surface area contributed by atoms with Crippen LogP contribution in [-0.2, 0) is 4.79 Å². The van der Waals surface area contributed by atoms with E-state index in [2.05, 4.69) is 15.3 Å². The summed E-state index contributed by atoms with van der Waals surface area (Å²) in [5, 5.41) is 3.13. The minimum Gasteiger partial charge on any atom is -0.356 e. The molecule has 0 aromatic carbocycles. The van der Waals surface area contributed by atoms with Crippen LogP contribution in [0.2, 0.25) is 0 Å². The molecule has 0 radical (unpaired) electrons. The number of hydrogen-bond acceptors (Lipinski definition) is 2. The molecule has 0 bridgehead atoms. The van der Waals surface area contributed by atoms with E-state index in [0.717, 1.165) is 18.7 Å². The van der Waals surface area contributed by atoms with Crippen LogP contribution in [-0.4, -0.2) is 22.4 Å². The fourth-order valence-electron chi connectivity index (χ4n) is 3.05. The van der Waals surface area contributed by atoms with Gasteiger partial charge in [0.1, 0.15) is 0 Å². The van der Waals surface area contributed by atoms with Crippen molar-refractivity contribution in [3.8, 4) is 0 Å². The van der Waals surface area contributed by atoms with Crippen molar-refractivity contribution in [2.24, 2.45) is 11.8 Å². The maximum Gasteiger partial charge on any atom is 0.223 e. The second-order valence-electron chi connectivity index (χ2n) is 5.69. The van der Waals surface area contributed by atoms with Crippen molar-refractivity contribution < 1.29 is 4.79 Å². The summed E-state index contributed by atoms with van der Waals surface area (Å²) < 4.78 is 0. The van der Waals surface area contributed by atoms with Gasteiger partial charge < -0.3 is 10.3 Å². The van der Waals surface area contributed by atoms with Crippen molar-refractivity contribution in [3.05, 3.63) is 18.2 Å². The van der Waals surface area contributed by atoms with Crippen LogP contribution in [0.5, 0.6) is 0 Å². The molecule has 1 aromatic rings. The first kappa shape index (κ1) is 14.4. The summed E-state index contributed by atoms with van der Waals surface area (Å²) >= 11 is 0. The Kier molecular flexibility index (Phi) is 4.86. The maximum absolute atomic E-state index is 12.0. The third-order valence-electron chi connectivity index (χ3n) is 4.32. The van der Waals surface area contributed by atoms with Gasteiger partial charge >= 0.3 is 0 Å². The zero-order chi connectivity index (χ0) is 12.4. The zero-order valence-electron chi connectivity index (χ0n) is 11.1. The van der Waals surface area contributed by atoms with E-state index < -0.39 is 0 Å². The van der Waals surface area contributed by atoms with E-state index in [1.54, 1.807) is 6.33 Å². The fourth-order valence-corrected chi connectivity index (χ4v) is 3.05. The van der Waals surface area contributed by atoms with Crippen LogP contribution in [0.3, 0.4) is 0 Å². The van der Waals surface area contributed by atoms with Crippen molar-refractivity contribution in [1.82, 2.24) is 15.3 Å². The highest BCUT2D eigenvalue weighted by Gasteiger charge is 2.45. The van der Waals surface area contributed by atoms with Gasteiger partial charge in [-0.1, -0.05) is 19.3 Å². The van der Waals surface area contributed by atoms with Gasteiger partial charge in [0.05, 0.1) is 12.0 Å². The summed E-state index contributed by atoms with van der Waals surface area (Å²) in [7, 11) is 0. The van der Waals surface area contributed by atoms with Crippen LogP contribution in [0.25, 0.3) is 0 Å². The number of carbonyl (C=O) groups excluding carboxylic acids is 1. The van der Waals surface area contributed by atoms with Gasteiger partial charge in [-0.15, -0.1) is 12.4 Å². The van der Waals surface area contributed by atoms with E-state index in [9.17, 15) is 4.79 Å². The highest BCUT2D eigenvalue weighted by molar-refractivity contribution is 5.85. The molecule has 2 saturated carbocycles. The average Bonchev–Trinajstić information content (AvgIpc) is 3.03. The Labute approximate surface area is 120 Å². The van der Waals surface area contributed by atoms with E-state index in [1.165, 1.54) is 32.1 Å². The monoisotopic (exact) mass is 283 g/mol. The first-order valence-electron chi connectivity index (χ1n) is 7.11. The molecule has 2 aliphatic rings. The average molecular weight is 284 g/mol. The molecule has 0 unspecified atom stereocenters. The molecule has 2 N–H and O–H groups in total. The normalized spacial score (nSPS) is 26.5. The molecule has 0 spiro atoms. The molecule has 2 atom stereocenters. The molecule has 1 amide bonds. The van der Waals surface area contributed by atoms with Crippen molar-refractivity contribution in [2.45, 2.75) is 44.4 Å². The van der Waals surface area contributed by atoms with Gasteiger partial charge in [-0.25, -0.2) is 4.98 Å². The minimum atomic E-state index is 0. The van der Waals surface area contributed by atoms with Crippen LogP contribution >= 0.6 is 12.4 Å². The molecular formula is C14H22ClN3O. The molecule has 19 heavy (non-hydrogen) atoms. The van der Waals surface area contributed by atoms with Crippen molar-refractivity contribution in [1.29, 1.82) is 0 Å². The molecule has 4 nitrogen and oxygen atoms in total. The third-order valence-corrected chi connectivity index (χ3v) is 4.32. The Bertz CT molecular complexity index is 401. The number of halogens is 1. The Morgan fingerprint density at radius 3 is 2.84 bits per heavy atom. The van der Waals surface area contributed by atoms with Gasteiger partial charge in [0, 0.05) is 24.6 Å². The Hall–Kier alpha value is -1.03. The molecule has 1 heterocycles. The second kappa shape index (κ2) is 6.42. The van der Waals surface area contributed by atoms with Gasteiger partial charge in [0.25, 0.3) is 0 Å². The number of aromatic amines is 1. The second-order valence-corrected chi connectivity index (χ2v) is 5.69. The lowest BCUT2D eigenvalue weighted by atomic mass is 9.89. The van der Waals surface area contributed by atoms with Crippen LogP contribution in [0, 0.1) is 11.8 Å². The van der Waals surface area contributed by atoms with Gasteiger partial charge in [-0.3, -0.25) is 4.79 Å². The molecule has 1 aromatic heterocycles. The predicted molar refractivity (Wildman–Crippen MR) is 76.3 cm³/mol. The zero-order valence-corrected chi connectivity index (χ0v) is 11.9. The quantitative estimate of drug-likeness (QED) is 0.892. The number of amides is 1. The Balaban J connectivity index is 0.00000133. The number of nitrogens with zero attached hydrogens (tertiary/aromatic N) is 1. The summed E-state index contributed by atoms with van der Waals surface area (Å²) in [6.07, 6.45) is 11.2. The lowest BCUT2D eigenvalue weighted by molar-refractivity contribution is -0.122. The van der Waals surface area contributed by atoms with Crippen LogP contribution in [0.1, 0.15) is 50.1 Å². The number of nitrogens with one attached hydrogen (secondary N) is 2. The molecular weight excluding hydrogens is 262 g/mol. The summed E-state index contributed by atoms with van der Waals surface area (Å²) in [5.74, 6) is 1.46. The lowest BCUT2D eigenvalue weighted by Gasteiger charge is -2.21. The molecule has 0 aliphatic heterocycles.